The minimum absolute atomic E-state index is 0.00769. The number of carboxylic acid groups (broad SMARTS) is 1. The Morgan fingerprint density at radius 1 is 1.56 bits per heavy atom. The van der Waals surface area contributed by atoms with Crippen molar-refractivity contribution in [3.63, 3.8) is 0 Å². The molecule has 1 aliphatic rings. The van der Waals surface area contributed by atoms with Gasteiger partial charge in [-0.2, -0.15) is 0 Å². The van der Waals surface area contributed by atoms with E-state index < -0.39 is 11.9 Å². The summed E-state index contributed by atoms with van der Waals surface area (Å²) >= 11 is 3.31. The van der Waals surface area contributed by atoms with E-state index in [1.807, 2.05) is 0 Å². The summed E-state index contributed by atoms with van der Waals surface area (Å²) in [5, 5.41) is 9.09. The Morgan fingerprint density at radius 3 is 2.94 bits per heavy atom. The first-order valence-corrected chi connectivity index (χ1v) is 5.45. The van der Waals surface area contributed by atoms with E-state index in [0.717, 1.165) is 0 Å². The lowest BCUT2D eigenvalue weighted by atomic mass is 9.98. The molecule has 0 saturated heterocycles. The maximum absolute atomic E-state index is 11.1. The van der Waals surface area contributed by atoms with Gasteiger partial charge in [0.25, 0.3) is 0 Å². The highest BCUT2D eigenvalue weighted by Crippen LogP contribution is 2.43. The fraction of sp³-hybridized carbons (Fsp3) is 0.300. The summed E-state index contributed by atoms with van der Waals surface area (Å²) < 4.78 is 11.1. The number of nitrogens with two attached hydrogens (primary N) is 1. The van der Waals surface area contributed by atoms with Crippen LogP contribution in [0, 0.1) is 0 Å². The van der Waals surface area contributed by atoms with E-state index in [0.29, 0.717) is 21.5 Å². The maximum Gasteiger partial charge on any atom is 0.312 e. The Bertz CT molecular complexity index is 435. The van der Waals surface area contributed by atoms with Crippen molar-refractivity contribution in [2.45, 2.75) is 5.92 Å². The number of hydrogen-bond acceptors (Lipinski definition) is 4. The van der Waals surface area contributed by atoms with Gasteiger partial charge in [0.1, 0.15) is 0 Å². The smallest absolute Gasteiger partial charge is 0.312 e. The molecule has 1 heterocycles. The molecule has 0 bridgehead atoms. The zero-order chi connectivity index (χ0) is 11.7. The SMILES string of the molecule is NCC(C(=O)O)c1c(Br)ccc2c1OCO2. The van der Waals surface area contributed by atoms with Crippen LogP contribution in [0.4, 0.5) is 0 Å². The number of aliphatic carboxylic acids is 1. The molecule has 2 rings (SSSR count). The minimum atomic E-state index is -0.980. The first-order valence-electron chi connectivity index (χ1n) is 4.66. The molecule has 1 aliphatic heterocycles. The molecule has 1 atom stereocenters. The maximum atomic E-state index is 11.1. The van der Waals surface area contributed by atoms with E-state index in [4.69, 9.17) is 20.3 Å². The standard InChI is InChI=1S/C10H10BrNO4/c11-6-1-2-7-9(16-4-15-7)8(6)5(3-12)10(13)14/h1-2,5H,3-4,12H2,(H,13,14). The summed E-state index contributed by atoms with van der Waals surface area (Å²) in [6.07, 6.45) is 0. The van der Waals surface area contributed by atoms with E-state index >= 15 is 0 Å². The number of benzene rings is 1. The van der Waals surface area contributed by atoms with E-state index in [1.165, 1.54) is 0 Å². The van der Waals surface area contributed by atoms with Gasteiger partial charge >= 0.3 is 5.97 Å². The summed E-state index contributed by atoms with van der Waals surface area (Å²) in [7, 11) is 0. The zero-order valence-electron chi connectivity index (χ0n) is 8.27. The van der Waals surface area contributed by atoms with E-state index in [9.17, 15) is 4.79 Å². The highest BCUT2D eigenvalue weighted by molar-refractivity contribution is 9.10. The van der Waals surface area contributed by atoms with Crippen LogP contribution in [0.25, 0.3) is 0 Å². The Morgan fingerprint density at radius 2 is 2.31 bits per heavy atom. The normalized spacial score (nSPS) is 14.9. The number of ether oxygens (including phenoxy) is 2. The third-order valence-electron chi connectivity index (χ3n) is 2.41. The lowest BCUT2D eigenvalue weighted by molar-refractivity contribution is -0.138. The third kappa shape index (κ3) is 1.74. The molecule has 0 amide bonds. The average Bonchev–Trinajstić information content (AvgIpc) is 2.69. The predicted octanol–water partition coefficient (Wildman–Crippen LogP) is 1.30. The largest absolute Gasteiger partial charge is 0.481 e. The van der Waals surface area contributed by atoms with Crippen LogP contribution < -0.4 is 15.2 Å². The van der Waals surface area contributed by atoms with Crippen LogP contribution in [0.15, 0.2) is 16.6 Å². The molecule has 6 heteroatoms. The molecule has 1 aromatic carbocycles. The molecule has 86 valence electrons. The molecule has 0 aliphatic carbocycles. The second-order valence-electron chi connectivity index (χ2n) is 3.32. The number of carbonyl (C=O) groups is 1. The molecule has 0 spiro atoms. The first kappa shape index (κ1) is 11.2. The van der Waals surface area contributed by atoms with Gasteiger partial charge in [-0.3, -0.25) is 4.79 Å². The summed E-state index contributed by atoms with van der Waals surface area (Å²) in [4.78, 5) is 11.1. The number of rotatable bonds is 3. The number of hydrogen-bond donors (Lipinski definition) is 2. The van der Waals surface area contributed by atoms with Gasteiger partial charge in [-0.05, 0) is 12.1 Å². The van der Waals surface area contributed by atoms with Crippen LogP contribution in [-0.4, -0.2) is 24.4 Å². The van der Waals surface area contributed by atoms with E-state index in [2.05, 4.69) is 15.9 Å². The lowest BCUT2D eigenvalue weighted by Crippen LogP contribution is -2.22. The van der Waals surface area contributed by atoms with Crippen LogP contribution >= 0.6 is 15.9 Å². The number of halogens is 1. The average molecular weight is 288 g/mol. The van der Waals surface area contributed by atoms with Crippen molar-refractivity contribution in [3.05, 3.63) is 22.2 Å². The second kappa shape index (κ2) is 4.31. The van der Waals surface area contributed by atoms with Crippen LogP contribution in [-0.2, 0) is 4.79 Å². The second-order valence-corrected chi connectivity index (χ2v) is 4.18. The molecule has 0 fully saturated rings. The molecular weight excluding hydrogens is 278 g/mol. The summed E-state index contributed by atoms with van der Waals surface area (Å²) in [5.74, 6) is -0.761. The first-order chi connectivity index (χ1) is 7.65. The van der Waals surface area contributed by atoms with E-state index in [1.54, 1.807) is 12.1 Å². The Hall–Kier alpha value is -1.27. The highest BCUT2D eigenvalue weighted by Gasteiger charge is 2.29. The Balaban J connectivity index is 2.54. The summed E-state index contributed by atoms with van der Waals surface area (Å²) in [5.41, 5.74) is 6.00. The quantitative estimate of drug-likeness (QED) is 0.876. The molecule has 1 aromatic rings. The molecule has 0 aromatic heterocycles. The van der Waals surface area contributed by atoms with Crippen LogP contribution in [0.2, 0.25) is 0 Å². The minimum Gasteiger partial charge on any atom is -0.481 e. The van der Waals surface area contributed by atoms with Gasteiger partial charge in [0.15, 0.2) is 11.5 Å². The van der Waals surface area contributed by atoms with Crippen molar-refractivity contribution in [1.82, 2.24) is 0 Å². The van der Waals surface area contributed by atoms with Gasteiger partial charge in [0.2, 0.25) is 6.79 Å². The van der Waals surface area contributed by atoms with Crippen molar-refractivity contribution in [2.24, 2.45) is 5.73 Å². The van der Waals surface area contributed by atoms with Gasteiger partial charge in [-0.15, -0.1) is 0 Å². The molecule has 16 heavy (non-hydrogen) atoms. The van der Waals surface area contributed by atoms with Crippen LogP contribution in [0.5, 0.6) is 11.5 Å². The molecule has 0 radical (unpaired) electrons. The lowest BCUT2D eigenvalue weighted by Gasteiger charge is -2.14. The molecule has 1 unspecified atom stereocenters. The fourth-order valence-corrected chi connectivity index (χ4v) is 2.23. The third-order valence-corrected chi connectivity index (χ3v) is 3.10. The Labute approximate surface area is 100 Å². The topological polar surface area (TPSA) is 81.8 Å². The fourth-order valence-electron chi connectivity index (χ4n) is 1.64. The van der Waals surface area contributed by atoms with Crippen molar-refractivity contribution >= 4 is 21.9 Å². The zero-order valence-corrected chi connectivity index (χ0v) is 9.86. The molecular formula is C10H10BrNO4. The molecule has 5 nitrogen and oxygen atoms in total. The van der Waals surface area contributed by atoms with Crippen molar-refractivity contribution < 1.29 is 19.4 Å². The predicted molar refractivity (Wildman–Crippen MR) is 59.7 cm³/mol. The van der Waals surface area contributed by atoms with Crippen molar-refractivity contribution in [1.29, 1.82) is 0 Å². The van der Waals surface area contributed by atoms with Gasteiger partial charge in [-0.1, -0.05) is 15.9 Å². The van der Waals surface area contributed by atoms with Gasteiger partial charge in [0, 0.05) is 16.6 Å². The summed E-state index contributed by atoms with van der Waals surface area (Å²) in [6.45, 7) is 0.115. The Kier molecular flexibility index (Phi) is 3.02. The molecule has 3 N–H and O–H groups in total. The van der Waals surface area contributed by atoms with Gasteiger partial charge < -0.3 is 20.3 Å². The van der Waals surface area contributed by atoms with Crippen molar-refractivity contribution in [3.8, 4) is 11.5 Å². The molecule has 0 saturated carbocycles. The van der Waals surface area contributed by atoms with Crippen molar-refractivity contribution in [2.75, 3.05) is 13.3 Å². The number of carboxylic acids is 1. The van der Waals surface area contributed by atoms with Crippen LogP contribution in [0.3, 0.4) is 0 Å². The van der Waals surface area contributed by atoms with E-state index in [-0.39, 0.29) is 13.3 Å². The number of fused-ring (bicyclic) bond motifs is 1. The summed E-state index contributed by atoms with van der Waals surface area (Å²) in [6, 6.07) is 3.46. The monoisotopic (exact) mass is 287 g/mol. The van der Waals surface area contributed by atoms with Gasteiger partial charge in [-0.25, -0.2) is 0 Å². The van der Waals surface area contributed by atoms with Gasteiger partial charge in [0.05, 0.1) is 5.92 Å². The van der Waals surface area contributed by atoms with Crippen LogP contribution in [0.1, 0.15) is 11.5 Å². The highest BCUT2D eigenvalue weighted by atomic mass is 79.9.